The molecule has 1 heterocycles. The van der Waals surface area contributed by atoms with Gasteiger partial charge in [0.15, 0.2) is 11.5 Å². The van der Waals surface area contributed by atoms with Gasteiger partial charge in [-0.3, -0.25) is 4.79 Å². The van der Waals surface area contributed by atoms with Crippen molar-refractivity contribution >= 4 is 11.6 Å². The molecule has 1 aliphatic heterocycles. The van der Waals surface area contributed by atoms with Crippen LogP contribution < -0.4 is 19.7 Å². The Morgan fingerprint density at radius 3 is 2.94 bits per heavy atom. The molecule has 0 bridgehead atoms. The van der Waals surface area contributed by atoms with Gasteiger partial charge in [0.25, 0.3) is 0 Å². The van der Waals surface area contributed by atoms with Crippen LogP contribution in [-0.4, -0.2) is 33.3 Å². The zero-order chi connectivity index (χ0) is 11.5. The number of carbonyl (C=O) groups is 1. The Labute approximate surface area is 93.9 Å². The highest BCUT2D eigenvalue weighted by molar-refractivity contribution is 5.94. The molecule has 16 heavy (non-hydrogen) atoms. The molecular weight excluding hydrogens is 208 g/mol. The Morgan fingerprint density at radius 1 is 1.44 bits per heavy atom. The first-order valence-corrected chi connectivity index (χ1v) is 5.03. The highest BCUT2D eigenvalue weighted by Gasteiger charge is 2.16. The van der Waals surface area contributed by atoms with Gasteiger partial charge < -0.3 is 19.7 Å². The number of likely N-dealkylation sites (N-methyl/N-ethyl adjacent to an activating group) is 2. The lowest BCUT2D eigenvalue weighted by Gasteiger charge is -2.17. The molecule has 1 aliphatic rings. The molecule has 5 nitrogen and oxygen atoms in total. The molecule has 1 N–H and O–H groups in total. The smallest absolute Gasteiger partial charge is 0.240 e. The molecule has 1 amide bonds. The second-order valence-electron chi connectivity index (χ2n) is 3.52. The van der Waals surface area contributed by atoms with Crippen LogP contribution in [0.5, 0.6) is 11.5 Å². The quantitative estimate of drug-likeness (QED) is 0.813. The fraction of sp³-hybridized carbons (Fsp3) is 0.364. The Morgan fingerprint density at radius 2 is 2.19 bits per heavy atom. The maximum Gasteiger partial charge on any atom is 0.240 e. The molecule has 0 unspecified atom stereocenters. The van der Waals surface area contributed by atoms with Crippen molar-refractivity contribution in [2.24, 2.45) is 0 Å². The van der Waals surface area contributed by atoms with E-state index in [9.17, 15) is 4.79 Å². The maximum atomic E-state index is 11.6. The zero-order valence-electron chi connectivity index (χ0n) is 9.32. The van der Waals surface area contributed by atoms with E-state index in [2.05, 4.69) is 5.32 Å². The van der Waals surface area contributed by atoms with E-state index in [0.717, 1.165) is 11.4 Å². The lowest BCUT2D eigenvalue weighted by molar-refractivity contribution is -0.117. The van der Waals surface area contributed by atoms with Gasteiger partial charge in [-0.1, -0.05) is 0 Å². The van der Waals surface area contributed by atoms with Crippen LogP contribution in [-0.2, 0) is 4.79 Å². The molecular formula is C11H14N2O3. The lowest BCUT2D eigenvalue weighted by atomic mass is 10.2. The van der Waals surface area contributed by atoms with Crippen molar-refractivity contribution in [2.75, 3.05) is 32.3 Å². The summed E-state index contributed by atoms with van der Waals surface area (Å²) in [5.41, 5.74) is 0.796. The molecule has 1 aromatic rings. The maximum absolute atomic E-state index is 11.6. The van der Waals surface area contributed by atoms with Gasteiger partial charge in [-0.15, -0.1) is 0 Å². The van der Waals surface area contributed by atoms with E-state index in [-0.39, 0.29) is 12.7 Å². The number of ether oxygens (including phenoxy) is 2. The highest BCUT2D eigenvalue weighted by Crippen LogP contribution is 2.35. The third-order valence-electron chi connectivity index (χ3n) is 2.45. The van der Waals surface area contributed by atoms with Gasteiger partial charge in [0.05, 0.1) is 6.54 Å². The fourth-order valence-corrected chi connectivity index (χ4v) is 1.51. The summed E-state index contributed by atoms with van der Waals surface area (Å²) in [7, 11) is 3.47. The van der Waals surface area contributed by atoms with Crippen LogP contribution in [0.1, 0.15) is 0 Å². The van der Waals surface area contributed by atoms with Crippen molar-refractivity contribution < 1.29 is 14.3 Å². The molecule has 86 valence electrons. The molecule has 2 rings (SSSR count). The summed E-state index contributed by atoms with van der Waals surface area (Å²) in [6.45, 7) is 0.553. The molecule has 0 aromatic heterocycles. The molecule has 5 heteroatoms. The first-order valence-electron chi connectivity index (χ1n) is 5.03. The summed E-state index contributed by atoms with van der Waals surface area (Å²) < 4.78 is 10.5. The van der Waals surface area contributed by atoms with Gasteiger partial charge in [-0.25, -0.2) is 0 Å². The van der Waals surface area contributed by atoms with E-state index in [1.807, 2.05) is 6.07 Å². The number of fused-ring (bicyclic) bond motifs is 1. The Balaban J connectivity index is 2.18. The minimum absolute atomic E-state index is 0.00126. The summed E-state index contributed by atoms with van der Waals surface area (Å²) >= 11 is 0. The lowest BCUT2D eigenvalue weighted by Crippen LogP contribution is -2.33. The number of nitrogens with zero attached hydrogens (tertiary/aromatic N) is 1. The fourth-order valence-electron chi connectivity index (χ4n) is 1.51. The molecule has 0 saturated carbocycles. The van der Waals surface area contributed by atoms with Gasteiger partial charge in [0.2, 0.25) is 12.7 Å². The number of hydrogen-bond acceptors (Lipinski definition) is 4. The monoisotopic (exact) mass is 222 g/mol. The Hall–Kier alpha value is -1.75. The molecule has 0 radical (unpaired) electrons. The predicted octanol–water partition coefficient (Wildman–Crippen LogP) is 0.597. The van der Waals surface area contributed by atoms with Gasteiger partial charge in [-0.2, -0.15) is 0 Å². The van der Waals surface area contributed by atoms with Gasteiger partial charge in [-0.05, 0) is 19.2 Å². The Bertz CT molecular complexity index is 406. The molecule has 0 spiro atoms. The van der Waals surface area contributed by atoms with Crippen LogP contribution in [0.25, 0.3) is 0 Å². The summed E-state index contributed by atoms with van der Waals surface area (Å²) in [6.07, 6.45) is 0. The average Bonchev–Trinajstić information content (AvgIpc) is 2.75. The molecule has 0 fully saturated rings. The summed E-state index contributed by atoms with van der Waals surface area (Å²) in [5.74, 6) is 1.40. The van der Waals surface area contributed by atoms with E-state index in [1.54, 1.807) is 31.1 Å². The minimum Gasteiger partial charge on any atom is -0.454 e. The van der Waals surface area contributed by atoms with Crippen LogP contribution in [0.15, 0.2) is 18.2 Å². The van der Waals surface area contributed by atoms with Gasteiger partial charge in [0, 0.05) is 18.8 Å². The average molecular weight is 222 g/mol. The number of amides is 1. The Kier molecular flexibility index (Phi) is 2.96. The van der Waals surface area contributed by atoms with Crippen LogP contribution in [0.4, 0.5) is 5.69 Å². The van der Waals surface area contributed by atoms with Crippen LogP contribution in [0.3, 0.4) is 0 Å². The number of benzene rings is 1. The van der Waals surface area contributed by atoms with E-state index in [4.69, 9.17) is 9.47 Å². The van der Waals surface area contributed by atoms with Crippen molar-refractivity contribution in [3.8, 4) is 11.5 Å². The predicted molar refractivity (Wildman–Crippen MR) is 59.9 cm³/mol. The molecule has 0 aliphatic carbocycles. The SMILES string of the molecule is CNCC(=O)N(C)c1ccc2c(c1)OCO2. The zero-order valence-corrected chi connectivity index (χ0v) is 9.32. The van der Waals surface area contributed by atoms with Crippen molar-refractivity contribution in [3.63, 3.8) is 0 Å². The van der Waals surface area contributed by atoms with E-state index < -0.39 is 0 Å². The van der Waals surface area contributed by atoms with E-state index in [1.165, 1.54) is 0 Å². The second-order valence-corrected chi connectivity index (χ2v) is 3.52. The first-order chi connectivity index (χ1) is 7.72. The van der Waals surface area contributed by atoms with Crippen molar-refractivity contribution in [3.05, 3.63) is 18.2 Å². The number of anilines is 1. The van der Waals surface area contributed by atoms with Crippen LogP contribution in [0.2, 0.25) is 0 Å². The highest BCUT2D eigenvalue weighted by atomic mass is 16.7. The third kappa shape index (κ3) is 1.94. The summed E-state index contributed by atoms with van der Waals surface area (Å²) in [6, 6.07) is 5.44. The van der Waals surface area contributed by atoms with E-state index in [0.29, 0.717) is 12.3 Å². The molecule has 1 aromatic carbocycles. The topological polar surface area (TPSA) is 50.8 Å². The van der Waals surface area contributed by atoms with Crippen LogP contribution in [0, 0.1) is 0 Å². The van der Waals surface area contributed by atoms with Gasteiger partial charge >= 0.3 is 0 Å². The minimum atomic E-state index is 0.00126. The van der Waals surface area contributed by atoms with Crippen molar-refractivity contribution in [1.82, 2.24) is 5.32 Å². The summed E-state index contributed by atoms with van der Waals surface area (Å²) in [5, 5.41) is 2.82. The normalized spacial score (nSPS) is 12.6. The third-order valence-corrected chi connectivity index (χ3v) is 2.45. The van der Waals surface area contributed by atoms with Crippen molar-refractivity contribution in [2.45, 2.75) is 0 Å². The number of hydrogen-bond donors (Lipinski definition) is 1. The number of nitrogens with one attached hydrogen (secondary N) is 1. The second kappa shape index (κ2) is 4.40. The number of carbonyl (C=O) groups excluding carboxylic acids is 1. The largest absolute Gasteiger partial charge is 0.454 e. The molecule has 0 saturated heterocycles. The first kappa shape index (κ1) is 10.8. The van der Waals surface area contributed by atoms with Crippen LogP contribution >= 0.6 is 0 Å². The number of rotatable bonds is 3. The van der Waals surface area contributed by atoms with E-state index >= 15 is 0 Å². The standard InChI is InChI=1S/C11H14N2O3/c1-12-6-11(14)13(2)8-3-4-9-10(5-8)16-7-15-9/h3-5,12H,6-7H2,1-2H3. The van der Waals surface area contributed by atoms with Crippen molar-refractivity contribution in [1.29, 1.82) is 0 Å². The molecule has 0 atom stereocenters. The van der Waals surface area contributed by atoms with Gasteiger partial charge in [0.1, 0.15) is 0 Å². The summed E-state index contributed by atoms with van der Waals surface area (Å²) in [4.78, 5) is 13.2.